The topological polar surface area (TPSA) is 55.8 Å². The molecular formula is C14H18O4. The second-order valence-corrected chi connectivity index (χ2v) is 4.53. The molecule has 1 saturated heterocycles. The van der Waals surface area contributed by atoms with E-state index < -0.39 is 5.97 Å². The van der Waals surface area contributed by atoms with E-state index in [2.05, 4.69) is 6.07 Å². The zero-order valence-electron chi connectivity index (χ0n) is 10.5. The van der Waals surface area contributed by atoms with E-state index in [0.29, 0.717) is 12.3 Å². The molecule has 1 aliphatic heterocycles. The normalized spacial score (nSPS) is 18.8. The first kappa shape index (κ1) is 12.9. The zero-order valence-corrected chi connectivity index (χ0v) is 10.5. The predicted molar refractivity (Wildman–Crippen MR) is 67.1 cm³/mol. The summed E-state index contributed by atoms with van der Waals surface area (Å²) in [5.74, 6) is 0.407. The Bertz CT molecular complexity index is 422. The summed E-state index contributed by atoms with van der Waals surface area (Å²) in [6.07, 6.45) is 1.66. The molecule has 18 heavy (non-hydrogen) atoms. The van der Waals surface area contributed by atoms with Gasteiger partial charge in [-0.15, -0.1) is 0 Å². The summed E-state index contributed by atoms with van der Waals surface area (Å²) in [4.78, 5) is 10.7. The van der Waals surface area contributed by atoms with Crippen molar-refractivity contribution in [3.8, 4) is 5.75 Å². The minimum atomic E-state index is -0.786. The second kappa shape index (κ2) is 5.87. The average molecular weight is 250 g/mol. The molecule has 1 aromatic rings. The standard InChI is InChI=1S/C14H18O4/c1-17-13-4-2-10(12-6-7-18-9-12)8-11(13)3-5-14(15)16/h2,4,8,12H,3,5-7,9H2,1H3,(H,15,16). The molecule has 1 aliphatic rings. The highest BCUT2D eigenvalue weighted by molar-refractivity contribution is 5.67. The van der Waals surface area contributed by atoms with Gasteiger partial charge in [0.2, 0.25) is 0 Å². The van der Waals surface area contributed by atoms with Crippen molar-refractivity contribution in [3.05, 3.63) is 29.3 Å². The Hall–Kier alpha value is -1.55. The van der Waals surface area contributed by atoms with Crippen molar-refractivity contribution in [2.45, 2.75) is 25.2 Å². The largest absolute Gasteiger partial charge is 0.496 e. The smallest absolute Gasteiger partial charge is 0.303 e. The van der Waals surface area contributed by atoms with E-state index in [4.69, 9.17) is 14.6 Å². The third-order valence-corrected chi connectivity index (χ3v) is 3.31. The Balaban J connectivity index is 2.17. The van der Waals surface area contributed by atoms with Gasteiger partial charge in [0, 0.05) is 18.9 Å². The fourth-order valence-electron chi connectivity index (χ4n) is 2.29. The molecule has 0 amide bonds. The molecule has 1 unspecified atom stereocenters. The average Bonchev–Trinajstić information content (AvgIpc) is 2.89. The van der Waals surface area contributed by atoms with Gasteiger partial charge in [0.15, 0.2) is 0 Å². The molecule has 4 nitrogen and oxygen atoms in total. The second-order valence-electron chi connectivity index (χ2n) is 4.53. The van der Waals surface area contributed by atoms with Crippen LogP contribution in [-0.4, -0.2) is 31.4 Å². The van der Waals surface area contributed by atoms with E-state index in [9.17, 15) is 4.79 Å². The third kappa shape index (κ3) is 3.01. The Morgan fingerprint density at radius 3 is 3.00 bits per heavy atom. The van der Waals surface area contributed by atoms with Crippen molar-refractivity contribution >= 4 is 5.97 Å². The lowest BCUT2D eigenvalue weighted by molar-refractivity contribution is -0.136. The monoisotopic (exact) mass is 250 g/mol. The van der Waals surface area contributed by atoms with Crippen LogP contribution in [0.4, 0.5) is 0 Å². The number of rotatable bonds is 5. The van der Waals surface area contributed by atoms with Crippen molar-refractivity contribution < 1.29 is 19.4 Å². The van der Waals surface area contributed by atoms with Gasteiger partial charge in [-0.25, -0.2) is 0 Å². The van der Waals surface area contributed by atoms with Gasteiger partial charge in [0.1, 0.15) is 5.75 Å². The highest BCUT2D eigenvalue weighted by Gasteiger charge is 2.19. The molecule has 0 aromatic heterocycles. The van der Waals surface area contributed by atoms with E-state index in [-0.39, 0.29) is 6.42 Å². The molecule has 1 N–H and O–H groups in total. The molecule has 98 valence electrons. The number of aliphatic carboxylic acids is 1. The lowest BCUT2D eigenvalue weighted by Gasteiger charge is -2.13. The lowest BCUT2D eigenvalue weighted by atomic mass is 9.95. The summed E-state index contributed by atoms with van der Waals surface area (Å²) in [7, 11) is 1.61. The highest BCUT2D eigenvalue weighted by atomic mass is 16.5. The van der Waals surface area contributed by atoms with Crippen LogP contribution in [0.5, 0.6) is 5.75 Å². The van der Waals surface area contributed by atoms with Gasteiger partial charge in [-0.3, -0.25) is 4.79 Å². The first-order valence-electron chi connectivity index (χ1n) is 6.17. The SMILES string of the molecule is COc1ccc(C2CCOC2)cc1CCC(=O)O. The summed E-state index contributed by atoms with van der Waals surface area (Å²) < 4.78 is 10.7. The number of hydrogen-bond acceptors (Lipinski definition) is 3. The van der Waals surface area contributed by atoms with Gasteiger partial charge >= 0.3 is 5.97 Å². The van der Waals surface area contributed by atoms with Gasteiger partial charge in [0.25, 0.3) is 0 Å². The predicted octanol–water partition coefficient (Wildman–Crippen LogP) is 2.22. The Labute approximate surface area is 107 Å². The van der Waals surface area contributed by atoms with E-state index >= 15 is 0 Å². The fraction of sp³-hybridized carbons (Fsp3) is 0.500. The number of carbonyl (C=O) groups is 1. The molecule has 1 aromatic carbocycles. The summed E-state index contributed by atoms with van der Waals surface area (Å²) in [5.41, 5.74) is 2.18. The zero-order chi connectivity index (χ0) is 13.0. The number of aryl methyl sites for hydroxylation is 1. The van der Waals surface area contributed by atoms with Crippen LogP contribution in [-0.2, 0) is 16.0 Å². The van der Waals surface area contributed by atoms with E-state index in [0.717, 1.165) is 30.9 Å². The maximum atomic E-state index is 10.7. The minimum Gasteiger partial charge on any atom is -0.496 e. The quantitative estimate of drug-likeness (QED) is 0.870. The summed E-state index contributed by atoms with van der Waals surface area (Å²) in [6.45, 7) is 1.56. The van der Waals surface area contributed by atoms with Crippen LogP contribution >= 0.6 is 0 Å². The van der Waals surface area contributed by atoms with Crippen molar-refractivity contribution in [3.63, 3.8) is 0 Å². The Morgan fingerprint density at radius 2 is 2.39 bits per heavy atom. The number of ether oxygens (including phenoxy) is 2. The lowest BCUT2D eigenvalue weighted by Crippen LogP contribution is -2.03. The molecule has 1 fully saturated rings. The summed E-state index contributed by atoms with van der Waals surface area (Å²) in [5, 5.41) is 8.76. The number of carboxylic acids is 1. The summed E-state index contributed by atoms with van der Waals surface area (Å²) in [6, 6.07) is 6.02. The van der Waals surface area contributed by atoms with Gasteiger partial charge in [0.05, 0.1) is 13.7 Å². The van der Waals surface area contributed by atoms with Crippen molar-refractivity contribution in [1.29, 1.82) is 0 Å². The van der Waals surface area contributed by atoms with E-state index in [1.54, 1.807) is 7.11 Å². The number of benzene rings is 1. The first-order chi connectivity index (χ1) is 8.70. The highest BCUT2D eigenvalue weighted by Crippen LogP contribution is 2.29. The van der Waals surface area contributed by atoms with Crippen LogP contribution in [0.1, 0.15) is 29.9 Å². The molecule has 4 heteroatoms. The maximum Gasteiger partial charge on any atom is 0.303 e. The van der Waals surface area contributed by atoms with E-state index in [1.807, 2.05) is 12.1 Å². The van der Waals surface area contributed by atoms with Crippen molar-refractivity contribution in [1.82, 2.24) is 0 Å². The van der Waals surface area contributed by atoms with Crippen LogP contribution in [0.3, 0.4) is 0 Å². The molecule has 0 radical (unpaired) electrons. The minimum absolute atomic E-state index is 0.126. The van der Waals surface area contributed by atoms with Crippen LogP contribution in [0.2, 0.25) is 0 Å². The molecule has 2 rings (SSSR count). The fourth-order valence-corrected chi connectivity index (χ4v) is 2.29. The van der Waals surface area contributed by atoms with Crippen LogP contribution < -0.4 is 4.74 Å². The molecule has 0 aliphatic carbocycles. The number of carboxylic acid groups (broad SMARTS) is 1. The van der Waals surface area contributed by atoms with Crippen molar-refractivity contribution in [2.24, 2.45) is 0 Å². The molecule has 1 atom stereocenters. The van der Waals surface area contributed by atoms with Gasteiger partial charge < -0.3 is 14.6 Å². The molecule has 0 saturated carbocycles. The third-order valence-electron chi connectivity index (χ3n) is 3.31. The van der Waals surface area contributed by atoms with Crippen LogP contribution in [0.15, 0.2) is 18.2 Å². The molecular weight excluding hydrogens is 232 g/mol. The first-order valence-corrected chi connectivity index (χ1v) is 6.17. The van der Waals surface area contributed by atoms with Gasteiger partial charge in [-0.1, -0.05) is 12.1 Å². The molecule has 0 bridgehead atoms. The van der Waals surface area contributed by atoms with Gasteiger partial charge in [-0.2, -0.15) is 0 Å². The Morgan fingerprint density at radius 1 is 1.56 bits per heavy atom. The van der Waals surface area contributed by atoms with Crippen LogP contribution in [0, 0.1) is 0 Å². The Kier molecular flexibility index (Phi) is 4.20. The van der Waals surface area contributed by atoms with E-state index in [1.165, 1.54) is 5.56 Å². The van der Waals surface area contributed by atoms with Gasteiger partial charge in [-0.05, 0) is 30.0 Å². The number of methoxy groups -OCH3 is 1. The molecule has 1 heterocycles. The maximum absolute atomic E-state index is 10.7. The summed E-state index contributed by atoms with van der Waals surface area (Å²) >= 11 is 0. The number of hydrogen-bond donors (Lipinski definition) is 1. The molecule has 0 spiro atoms. The van der Waals surface area contributed by atoms with Crippen LogP contribution in [0.25, 0.3) is 0 Å². The van der Waals surface area contributed by atoms with Crippen molar-refractivity contribution in [2.75, 3.05) is 20.3 Å².